The second-order valence-electron chi connectivity index (χ2n) is 4.36. The van der Waals surface area contributed by atoms with Crippen LogP contribution in [0, 0.1) is 6.92 Å². The Labute approximate surface area is 122 Å². The highest BCUT2D eigenvalue weighted by atomic mass is 32.2. The van der Waals surface area contributed by atoms with Crippen LogP contribution in [-0.4, -0.2) is 24.6 Å². The highest BCUT2D eigenvalue weighted by Crippen LogP contribution is 2.15. The van der Waals surface area contributed by atoms with Crippen LogP contribution in [0.4, 0.5) is 0 Å². The molecule has 0 aliphatic heterocycles. The Hall–Kier alpha value is -2.61. The molecule has 0 radical (unpaired) electrons. The summed E-state index contributed by atoms with van der Waals surface area (Å²) in [4.78, 5) is 0.219. The maximum atomic E-state index is 12.4. The Bertz CT molecular complexity index is 784. The van der Waals surface area contributed by atoms with Gasteiger partial charge in [-0.15, -0.1) is 5.10 Å². The molecule has 1 aromatic carbocycles. The van der Waals surface area contributed by atoms with E-state index in [-0.39, 0.29) is 10.9 Å². The lowest BCUT2D eigenvalue weighted by molar-refractivity contribution is 0.587. The van der Waals surface area contributed by atoms with Gasteiger partial charge in [0.25, 0.3) is 10.0 Å². The van der Waals surface area contributed by atoms with E-state index in [4.69, 9.17) is 11.5 Å². The monoisotopic (exact) mass is 305 g/mol. The molecular formula is C13H15N5O2S. The predicted octanol–water partition coefficient (Wildman–Crippen LogP) is 0.641. The third-order valence-corrected chi connectivity index (χ3v) is 4.32. The Balaban J connectivity index is 2.30. The number of hydrogen-bond donors (Lipinski definition) is 2. The fraction of sp³-hybridized carbons (Fsp3) is 0.0769. The summed E-state index contributed by atoms with van der Waals surface area (Å²) >= 11 is 0. The van der Waals surface area contributed by atoms with Crippen LogP contribution in [0.15, 0.2) is 57.8 Å². The molecule has 1 heterocycles. The first kappa shape index (κ1) is 14.8. The van der Waals surface area contributed by atoms with Gasteiger partial charge in [-0.25, -0.2) is 12.4 Å². The van der Waals surface area contributed by atoms with E-state index >= 15 is 0 Å². The minimum absolute atomic E-state index is 0.169. The molecule has 0 unspecified atom stereocenters. The topological polar surface area (TPSA) is 116 Å². The highest BCUT2D eigenvalue weighted by molar-refractivity contribution is 7.90. The van der Waals surface area contributed by atoms with Crippen LogP contribution in [0.1, 0.15) is 11.1 Å². The number of benzene rings is 1. The molecule has 0 aliphatic carbocycles. The summed E-state index contributed by atoms with van der Waals surface area (Å²) in [5, 5.41) is 7.07. The Kier molecular flexibility index (Phi) is 4.08. The quantitative estimate of drug-likeness (QED) is 0.490. The number of hydrogen-bond acceptors (Lipinski definition) is 4. The Morgan fingerprint density at radius 1 is 1.19 bits per heavy atom. The summed E-state index contributed by atoms with van der Waals surface area (Å²) in [5.41, 5.74) is 11.8. The molecule has 0 bridgehead atoms. The molecule has 1 aromatic heterocycles. The van der Waals surface area contributed by atoms with E-state index in [0.29, 0.717) is 5.56 Å². The van der Waals surface area contributed by atoms with Crippen molar-refractivity contribution in [1.82, 2.24) is 3.97 Å². The molecule has 0 saturated carbocycles. The zero-order chi connectivity index (χ0) is 15.5. The molecule has 2 rings (SSSR count). The van der Waals surface area contributed by atoms with Crippen LogP contribution in [0.5, 0.6) is 0 Å². The van der Waals surface area contributed by atoms with E-state index in [2.05, 4.69) is 10.2 Å². The van der Waals surface area contributed by atoms with Gasteiger partial charge in [0, 0.05) is 18.0 Å². The van der Waals surface area contributed by atoms with E-state index < -0.39 is 10.0 Å². The van der Waals surface area contributed by atoms with Gasteiger partial charge < -0.3 is 11.5 Å². The van der Waals surface area contributed by atoms with E-state index in [1.807, 2.05) is 6.92 Å². The molecule has 8 heteroatoms. The van der Waals surface area contributed by atoms with Crippen molar-refractivity contribution in [2.24, 2.45) is 21.7 Å². The number of aryl methyl sites for hydroxylation is 1. The zero-order valence-electron chi connectivity index (χ0n) is 11.3. The van der Waals surface area contributed by atoms with Gasteiger partial charge in [0.15, 0.2) is 0 Å². The SMILES string of the molecule is Cc1ccc(S(=O)(=O)n2ccc(/C=N/N=C(N)N)c2)cc1. The smallest absolute Gasteiger partial charge is 0.267 e. The van der Waals surface area contributed by atoms with Crippen LogP contribution >= 0.6 is 0 Å². The van der Waals surface area contributed by atoms with Crippen molar-refractivity contribution in [3.05, 3.63) is 53.9 Å². The van der Waals surface area contributed by atoms with Crippen LogP contribution < -0.4 is 11.5 Å². The third kappa shape index (κ3) is 3.48. The lowest BCUT2D eigenvalue weighted by Gasteiger charge is -2.05. The van der Waals surface area contributed by atoms with Crippen molar-refractivity contribution in [1.29, 1.82) is 0 Å². The maximum absolute atomic E-state index is 12.4. The molecule has 21 heavy (non-hydrogen) atoms. The molecule has 2 aromatic rings. The van der Waals surface area contributed by atoms with Crippen molar-refractivity contribution in [3.8, 4) is 0 Å². The maximum Gasteiger partial charge on any atom is 0.267 e. The van der Waals surface area contributed by atoms with E-state index in [0.717, 1.165) is 9.54 Å². The molecule has 0 saturated heterocycles. The van der Waals surface area contributed by atoms with Crippen LogP contribution in [0.3, 0.4) is 0 Å². The fourth-order valence-corrected chi connectivity index (χ4v) is 2.82. The van der Waals surface area contributed by atoms with Crippen molar-refractivity contribution < 1.29 is 8.42 Å². The number of rotatable bonds is 4. The first-order valence-corrected chi connectivity index (χ1v) is 7.46. The molecule has 110 valence electrons. The number of guanidine groups is 1. The molecule has 0 aliphatic rings. The lowest BCUT2D eigenvalue weighted by atomic mass is 10.2. The molecule has 4 N–H and O–H groups in total. The van der Waals surface area contributed by atoms with Crippen LogP contribution in [-0.2, 0) is 10.0 Å². The van der Waals surface area contributed by atoms with Crippen LogP contribution in [0.2, 0.25) is 0 Å². The summed E-state index contributed by atoms with van der Waals surface area (Å²) in [5.74, 6) is -0.169. The van der Waals surface area contributed by atoms with Gasteiger partial charge in [0.2, 0.25) is 5.96 Å². The third-order valence-electron chi connectivity index (χ3n) is 2.67. The predicted molar refractivity (Wildman–Crippen MR) is 81.6 cm³/mol. The summed E-state index contributed by atoms with van der Waals surface area (Å²) in [6.07, 6.45) is 4.23. The van der Waals surface area contributed by atoms with Crippen molar-refractivity contribution in [2.45, 2.75) is 11.8 Å². The first-order valence-electron chi connectivity index (χ1n) is 6.02. The van der Waals surface area contributed by atoms with Gasteiger partial charge in [0.1, 0.15) is 0 Å². The first-order chi connectivity index (χ1) is 9.89. The summed E-state index contributed by atoms with van der Waals surface area (Å²) in [7, 11) is -3.61. The minimum Gasteiger partial charge on any atom is -0.369 e. The van der Waals surface area contributed by atoms with E-state index in [9.17, 15) is 8.42 Å². The summed E-state index contributed by atoms with van der Waals surface area (Å²) in [6, 6.07) is 8.22. The molecule has 0 atom stereocenters. The van der Waals surface area contributed by atoms with Crippen LogP contribution in [0.25, 0.3) is 0 Å². The zero-order valence-corrected chi connectivity index (χ0v) is 12.2. The largest absolute Gasteiger partial charge is 0.369 e. The Morgan fingerprint density at radius 3 is 2.48 bits per heavy atom. The lowest BCUT2D eigenvalue weighted by Crippen LogP contribution is -2.21. The second kappa shape index (κ2) is 5.80. The molecule has 0 amide bonds. The average molecular weight is 305 g/mol. The van der Waals surface area contributed by atoms with Crippen molar-refractivity contribution >= 4 is 22.2 Å². The second-order valence-corrected chi connectivity index (χ2v) is 6.21. The molecule has 0 spiro atoms. The van der Waals surface area contributed by atoms with Gasteiger partial charge in [-0.1, -0.05) is 17.7 Å². The van der Waals surface area contributed by atoms with Gasteiger partial charge >= 0.3 is 0 Å². The van der Waals surface area contributed by atoms with Crippen molar-refractivity contribution in [2.75, 3.05) is 0 Å². The number of aromatic nitrogens is 1. The summed E-state index contributed by atoms with van der Waals surface area (Å²) in [6.45, 7) is 1.89. The molecule has 0 fully saturated rings. The summed E-state index contributed by atoms with van der Waals surface area (Å²) < 4.78 is 25.9. The fourth-order valence-electron chi connectivity index (χ4n) is 1.61. The molecular weight excluding hydrogens is 290 g/mol. The molecule has 7 nitrogen and oxygen atoms in total. The van der Waals surface area contributed by atoms with Gasteiger partial charge in [-0.2, -0.15) is 5.10 Å². The van der Waals surface area contributed by atoms with Gasteiger partial charge in [0.05, 0.1) is 11.1 Å². The van der Waals surface area contributed by atoms with Crippen molar-refractivity contribution in [3.63, 3.8) is 0 Å². The standard InChI is InChI=1S/C13H15N5O2S/c1-10-2-4-12(5-3-10)21(19,20)18-7-6-11(9-18)8-16-17-13(14)15/h2-9H,1H3,(H4,14,15,17)/b16-8+. The van der Waals surface area contributed by atoms with E-state index in [1.165, 1.54) is 18.6 Å². The normalized spacial score (nSPS) is 11.7. The minimum atomic E-state index is -3.61. The van der Waals surface area contributed by atoms with Gasteiger partial charge in [-0.05, 0) is 25.1 Å². The average Bonchev–Trinajstić information content (AvgIpc) is 2.88. The number of nitrogens with zero attached hydrogens (tertiary/aromatic N) is 3. The highest BCUT2D eigenvalue weighted by Gasteiger charge is 2.15. The van der Waals surface area contributed by atoms with E-state index in [1.54, 1.807) is 30.3 Å². The number of nitrogens with two attached hydrogens (primary N) is 2. The Morgan fingerprint density at radius 2 is 1.86 bits per heavy atom. The van der Waals surface area contributed by atoms with Gasteiger partial charge in [-0.3, -0.25) is 0 Å².